The highest BCUT2D eigenvalue weighted by atomic mass is 15.6. The topological polar surface area (TPSA) is 6.48 Å². The van der Waals surface area contributed by atoms with E-state index in [1.54, 1.807) is 0 Å². The summed E-state index contributed by atoms with van der Waals surface area (Å²) in [6, 6.07) is 0. The molecule has 60 valence electrons. The van der Waals surface area contributed by atoms with Gasteiger partial charge in [-0.15, -0.1) is 0 Å². The number of hydrogen-bond donors (Lipinski definition) is 0. The fourth-order valence-electron chi connectivity index (χ4n) is 0.995. The lowest BCUT2D eigenvalue weighted by atomic mass is 10.2. The van der Waals surface area contributed by atoms with Crippen LogP contribution in [0, 0.1) is 0 Å². The first-order valence-electron chi connectivity index (χ1n) is 3.63. The molecule has 0 atom stereocenters. The second kappa shape index (κ2) is 2.93. The molecule has 0 saturated carbocycles. The molecule has 0 unspecified atom stereocenters. The SMILES string of the molecule is C=C1C=CC(C)=CN1N(C)C. The third kappa shape index (κ3) is 1.71. The van der Waals surface area contributed by atoms with Crippen LogP contribution in [0.3, 0.4) is 0 Å². The van der Waals surface area contributed by atoms with Crippen LogP contribution in [0.2, 0.25) is 0 Å². The highest BCUT2D eigenvalue weighted by Crippen LogP contribution is 2.15. The molecule has 0 aromatic rings. The van der Waals surface area contributed by atoms with Crippen LogP contribution < -0.4 is 0 Å². The maximum Gasteiger partial charge on any atom is 0.0501 e. The highest BCUT2D eigenvalue weighted by Gasteiger charge is 2.07. The standard InChI is InChI=1S/C9H14N2/c1-8-5-6-9(2)11(7-8)10(3)4/h5-7H,2H2,1,3-4H3. The van der Waals surface area contributed by atoms with Gasteiger partial charge in [0.15, 0.2) is 0 Å². The Hall–Kier alpha value is -1.02. The molecule has 2 nitrogen and oxygen atoms in total. The van der Waals surface area contributed by atoms with Crippen molar-refractivity contribution >= 4 is 0 Å². The maximum absolute atomic E-state index is 3.90. The summed E-state index contributed by atoms with van der Waals surface area (Å²) < 4.78 is 0. The highest BCUT2D eigenvalue weighted by molar-refractivity contribution is 5.30. The third-order valence-corrected chi connectivity index (χ3v) is 1.59. The van der Waals surface area contributed by atoms with Gasteiger partial charge in [-0.25, -0.2) is 5.01 Å². The molecule has 1 heterocycles. The van der Waals surface area contributed by atoms with Crippen LogP contribution in [0.4, 0.5) is 0 Å². The zero-order chi connectivity index (χ0) is 8.43. The van der Waals surface area contributed by atoms with Crippen LogP contribution in [0.5, 0.6) is 0 Å². The van der Waals surface area contributed by atoms with E-state index in [0.717, 1.165) is 5.70 Å². The van der Waals surface area contributed by atoms with Crippen LogP contribution in [0.25, 0.3) is 0 Å². The van der Waals surface area contributed by atoms with Crippen LogP contribution >= 0.6 is 0 Å². The molecule has 1 aliphatic rings. The van der Waals surface area contributed by atoms with Crippen molar-refractivity contribution in [2.45, 2.75) is 6.92 Å². The molecule has 0 N–H and O–H groups in total. The molecule has 0 spiro atoms. The van der Waals surface area contributed by atoms with Gasteiger partial charge < -0.3 is 0 Å². The molecule has 2 heteroatoms. The van der Waals surface area contributed by atoms with Crippen molar-refractivity contribution in [3.8, 4) is 0 Å². The Morgan fingerprint density at radius 3 is 2.45 bits per heavy atom. The normalized spacial score (nSPS) is 17.6. The Morgan fingerprint density at radius 2 is 2.00 bits per heavy atom. The van der Waals surface area contributed by atoms with E-state index in [1.807, 2.05) is 30.2 Å². The molecule has 0 radical (unpaired) electrons. The summed E-state index contributed by atoms with van der Waals surface area (Å²) >= 11 is 0. The minimum Gasteiger partial charge on any atom is -0.283 e. The summed E-state index contributed by atoms with van der Waals surface area (Å²) in [7, 11) is 3.99. The second-order valence-corrected chi connectivity index (χ2v) is 2.89. The van der Waals surface area contributed by atoms with Gasteiger partial charge in [-0.2, -0.15) is 0 Å². The van der Waals surface area contributed by atoms with Crippen molar-refractivity contribution in [3.05, 3.63) is 36.2 Å². The first-order valence-corrected chi connectivity index (χ1v) is 3.63. The van der Waals surface area contributed by atoms with Crippen LogP contribution in [-0.2, 0) is 0 Å². The summed E-state index contributed by atoms with van der Waals surface area (Å²) in [5, 5.41) is 4.00. The van der Waals surface area contributed by atoms with E-state index in [2.05, 4.69) is 25.8 Å². The Bertz CT molecular complexity index is 224. The largest absolute Gasteiger partial charge is 0.283 e. The van der Waals surface area contributed by atoms with E-state index in [4.69, 9.17) is 0 Å². The van der Waals surface area contributed by atoms with E-state index in [0.29, 0.717) is 0 Å². The molecular formula is C9H14N2. The quantitative estimate of drug-likeness (QED) is 0.562. The van der Waals surface area contributed by atoms with Gasteiger partial charge in [0.05, 0.1) is 5.70 Å². The van der Waals surface area contributed by atoms with Crippen molar-refractivity contribution in [1.29, 1.82) is 0 Å². The third-order valence-electron chi connectivity index (χ3n) is 1.59. The fraction of sp³-hybridized carbons (Fsp3) is 0.333. The summed E-state index contributed by atoms with van der Waals surface area (Å²) in [4.78, 5) is 0. The maximum atomic E-state index is 3.90. The number of nitrogens with zero attached hydrogens (tertiary/aromatic N) is 2. The molecule has 0 aliphatic carbocycles. The van der Waals surface area contributed by atoms with Gasteiger partial charge in [0.1, 0.15) is 0 Å². The Labute approximate surface area is 68.1 Å². The summed E-state index contributed by atoms with van der Waals surface area (Å²) in [6.07, 6.45) is 6.12. The Morgan fingerprint density at radius 1 is 1.36 bits per heavy atom. The molecular weight excluding hydrogens is 136 g/mol. The monoisotopic (exact) mass is 150 g/mol. The van der Waals surface area contributed by atoms with E-state index < -0.39 is 0 Å². The molecule has 1 aliphatic heterocycles. The van der Waals surface area contributed by atoms with Gasteiger partial charge in [0.2, 0.25) is 0 Å². The molecule has 0 bridgehead atoms. The Kier molecular flexibility index (Phi) is 2.15. The van der Waals surface area contributed by atoms with E-state index in [-0.39, 0.29) is 0 Å². The number of hydrazine groups is 1. The van der Waals surface area contributed by atoms with E-state index in [1.165, 1.54) is 5.57 Å². The number of rotatable bonds is 1. The van der Waals surface area contributed by atoms with Crippen molar-refractivity contribution in [1.82, 2.24) is 10.0 Å². The van der Waals surface area contributed by atoms with Crippen molar-refractivity contribution < 1.29 is 0 Å². The lowest BCUT2D eigenvalue weighted by molar-refractivity contribution is 0.129. The predicted octanol–water partition coefficient (Wildman–Crippen LogP) is 1.75. The van der Waals surface area contributed by atoms with Crippen molar-refractivity contribution in [2.24, 2.45) is 0 Å². The van der Waals surface area contributed by atoms with E-state index >= 15 is 0 Å². The molecule has 0 fully saturated rings. The van der Waals surface area contributed by atoms with E-state index in [9.17, 15) is 0 Å². The van der Waals surface area contributed by atoms with Gasteiger partial charge in [-0.05, 0) is 18.6 Å². The van der Waals surface area contributed by atoms with Gasteiger partial charge in [-0.1, -0.05) is 12.7 Å². The minimum atomic E-state index is 1.00. The first kappa shape index (κ1) is 8.08. The van der Waals surface area contributed by atoms with Crippen molar-refractivity contribution in [2.75, 3.05) is 14.1 Å². The minimum absolute atomic E-state index is 1.00. The predicted molar refractivity (Wildman–Crippen MR) is 47.6 cm³/mol. The second-order valence-electron chi connectivity index (χ2n) is 2.89. The summed E-state index contributed by atoms with van der Waals surface area (Å²) in [6.45, 7) is 5.97. The van der Waals surface area contributed by atoms with Gasteiger partial charge in [0, 0.05) is 20.3 Å². The molecule has 11 heavy (non-hydrogen) atoms. The van der Waals surface area contributed by atoms with Gasteiger partial charge in [-0.3, -0.25) is 5.01 Å². The number of hydrogen-bond acceptors (Lipinski definition) is 2. The van der Waals surface area contributed by atoms with Crippen LogP contribution in [-0.4, -0.2) is 24.1 Å². The number of allylic oxidation sites excluding steroid dienone is 3. The lowest BCUT2D eigenvalue weighted by Gasteiger charge is -2.30. The first-order chi connectivity index (χ1) is 5.11. The smallest absolute Gasteiger partial charge is 0.0501 e. The van der Waals surface area contributed by atoms with Gasteiger partial charge in [0.25, 0.3) is 0 Å². The summed E-state index contributed by atoms with van der Waals surface area (Å²) in [5.41, 5.74) is 2.24. The van der Waals surface area contributed by atoms with Gasteiger partial charge >= 0.3 is 0 Å². The summed E-state index contributed by atoms with van der Waals surface area (Å²) in [5.74, 6) is 0. The molecule has 0 amide bonds. The average molecular weight is 150 g/mol. The molecule has 0 saturated heterocycles. The zero-order valence-corrected chi connectivity index (χ0v) is 7.33. The zero-order valence-electron chi connectivity index (χ0n) is 7.33. The lowest BCUT2D eigenvalue weighted by Crippen LogP contribution is -2.31. The molecule has 0 aromatic carbocycles. The Balaban J connectivity index is 2.82. The van der Waals surface area contributed by atoms with Crippen LogP contribution in [0.15, 0.2) is 36.2 Å². The molecule has 1 rings (SSSR count). The average Bonchev–Trinajstić information content (AvgIpc) is 1.94. The molecule has 0 aromatic heterocycles. The fourth-order valence-corrected chi connectivity index (χ4v) is 0.995. The van der Waals surface area contributed by atoms with Crippen LogP contribution in [0.1, 0.15) is 6.92 Å². The van der Waals surface area contributed by atoms with Crippen molar-refractivity contribution in [3.63, 3.8) is 0 Å².